The van der Waals surface area contributed by atoms with Gasteiger partial charge in [0.2, 0.25) is 0 Å². The van der Waals surface area contributed by atoms with E-state index in [0.717, 1.165) is 39.5 Å². The Kier molecular flexibility index (Phi) is 21.2. The molecule has 0 saturated heterocycles. The Morgan fingerprint density at radius 3 is 1.10 bits per heavy atom. The topological polar surface area (TPSA) is 0 Å². The molecule has 0 aliphatic carbocycles. The van der Waals surface area contributed by atoms with Gasteiger partial charge >= 0.3 is 79.1 Å². The maximum atomic E-state index is 5.59. The van der Waals surface area contributed by atoms with Gasteiger partial charge < -0.3 is 0 Å². The molecule has 31 heavy (non-hydrogen) atoms. The number of rotatable bonds is 7. The van der Waals surface area contributed by atoms with Crippen LogP contribution in [0.5, 0.6) is 0 Å². The Morgan fingerprint density at radius 2 is 0.903 bits per heavy atom. The van der Waals surface area contributed by atoms with Gasteiger partial charge in [0.25, 0.3) is 0 Å². The molecule has 0 spiro atoms. The van der Waals surface area contributed by atoms with E-state index in [0.29, 0.717) is 0 Å². The van der Waals surface area contributed by atoms with Gasteiger partial charge in [-0.3, -0.25) is 0 Å². The Bertz CT molecular complexity index is 554. The third-order valence-electron chi connectivity index (χ3n) is 5.09. The normalized spacial score (nSPS) is 11.7. The fourth-order valence-electron chi connectivity index (χ4n) is 4.65. The summed E-state index contributed by atoms with van der Waals surface area (Å²) in [5.74, 6) is 0. The molecule has 0 heterocycles. The zero-order chi connectivity index (χ0) is 24.7. The van der Waals surface area contributed by atoms with Gasteiger partial charge in [-0.15, -0.1) is 0 Å². The van der Waals surface area contributed by atoms with Gasteiger partial charge in [0.05, 0.1) is 34.0 Å². The van der Waals surface area contributed by atoms with Crippen LogP contribution in [0.3, 0.4) is 0 Å². The molecule has 1 aromatic carbocycles. The van der Waals surface area contributed by atoms with Crippen LogP contribution in [0.4, 0.5) is 0 Å². The van der Waals surface area contributed by atoms with E-state index in [9.17, 15) is 0 Å². The predicted molar refractivity (Wildman–Crippen MR) is 155 cm³/mol. The molecule has 1 rings (SSSR count). The minimum absolute atomic E-state index is 0.0957. The van der Waals surface area contributed by atoms with Crippen LogP contribution in [-0.2, 0) is 13.5 Å². The van der Waals surface area contributed by atoms with E-state index in [1.165, 1.54) is 0 Å². The van der Waals surface area contributed by atoms with Gasteiger partial charge in [-0.25, -0.2) is 0 Å². The molecule has 0 amide bonds. The molecule has 0 N–H and O–H groups in total. The van der Waals surface area contributed by atoms with Crippen LogP contribution in [0.25, 0.3) is 6.08 Å². The Labute approximate surface area is 211 Å². The van der Waals surface area contributed by atoms with E-state index >= 15 is 0 Å². The molecule has 0 saturated carbocycles. The summed E-state index contributed by atoms with van der Waals surface area (Å²) in [4.78, 5) is 0. The van der Waals surface area contributed by atoms with Crippen molar-refractivity contribution in [1.29, 1.82) is 0 Å². The molecule has 1 aromatic rings. The van der Waals surface area contributed by atoms with Crippen LogP contribution in [0.1, 0.15) is 88.6 Å². The van der Waals surface area contributed by atoms with Crippen molar-refractivity contribution in [3.63, 3.8) is 0 Å². The quantitative estimate of drug-likeness (QED) is 0.217. The van der Waals surface area contributed by atoms with Crippen LogP contribution in [0.15, 0.2) is 30.3 Å². The van der Waals surface area contributed by atoms with Gasteiger partial charge in [0, 0.05) is 15.8 Å². The molecule has 0 aliphatic rings. The average molecular weight is 597 g/mol. The van der Waals surface area contributed by atoms with Crippen LogP contribution >= 0.6 is 35.2 Å². The summed E-state index contributed by atoms with van der Waals surface area (Å²) in [6.07, 6.45) is 1.83. The number of hydrogen-bond donors (Lipinski definition) is 0. The maximum absolute atomic E-state index is 5.59. The van der Waals surface area contributed by atoms with Crippen molar-refractivity contribution in [2.75, 3.05) is 0 Å². The van der Waals surface area contributed by atoms with Crippen molar-refractivity contribution in [1.82, 2.24) is 0 Å². The third kappa shape index (κ3) is 18.0. The molecule has 0 aliphatic heterocycles. The number of benzene rings is 1. The second-order valence-corrected chi connectivity index (χ2v) is 24.1. The Balaban J connectivity index is 0. The number of hydrogen-bond acceptors (Lipinski definition) is 0. The first-order valence-electron chi connectivity index (χ1n) is 11.6. The van der Waals surface area contributed by atoms with Crippen molar-refractivity contribution < 1.29 is 13.5 Å². The van der Waals surface area contributed by atoms with Crippen molar-refractivity contribution in [2.45, 2.75) is 117 Å². The van der Waals surface area contributed by atoms with E-state index in [2.05, 4.69) is 87.3 Å². The molecular formula is C26H50Cl2P2Ru+2. The first-order valence-corrected chi connectivity index (χ1v) is 20.4. The van der Waals surface area contributed by atoms with Crippen LogP contribution < -0.4 is 0 Å². The number of halogens is 2. The fraction of sp³-hybridized carbons (Fsp3) is 0.692. The summed E-state index contributed by atoms with van der Waals surface area (Å²) in [7, 11) is 11.0. The summed E-state index contributed by atoms with van der Waals surface area (Å²) in [5.41, 5.74) is 6.70. The Hall–Kier alpha value is 0.933. The summed E-state index contributed by atoms with van der Waals surface area (Å²) in [5, 5.41) is 0. The molecule has 0 nitrogen and oxygen atoms in total. The zero-order valence-electron chi connectivity index (χ0n) is 22.0. The van der Waals surface area contributed by atoms with Gasteiger partial charge in [-0.05, 0) is 83.1 Å². The van der Waals surface area contributed by atoms with E-state index in [1.54, 1.807) is 0 Å². The van der Waals surface area contributed by atoms with E-state index in [4.69, 9.17) is 19.4 Å². The predicted octanol–water partition coefficient (Wildman–Crippen LogP) is 9.88. The minimum atomic E-state index is -1.74. The van der Waals surface area contributed by atoms with Gasteiger partial charge in [0.1, 0.15) is 0 Å². The molecular weight excluding hydrogens is 546 g/mol. The summed E-state index contributed by atoms with van der Waals surface area (Å²) >= 11 is -1.74. The second-order valence-electron chi connectivity index (χ2n) is 9.77. The average Bonchev–Trinajstić information content (AvgIpc) is 2.59. The molecule has 0 bridgehead atoms. The van der Waals surface area contributed by atoms with Crippen LogP contribution in [-0.4, -0.2) is 38.2 Å². The second kappa shape index (κ2) is 19.3. The molecule has 0 unspecified atom stereocenters. The van der Waals surface area contributed by atoms with E-state index in [-0.39, 0.29) is 15.8 Å². The van der Waals surface area contributed by atoms with Crippen LogP contribution in [0.2, 0.25) is 0 Å². The van der Waals surface area contributed by atoms with Crippen molar-refractivity contribution in [2.24, 2.45) is 0 Å². The van der Waals surface area contributed by atoms with Gasteiger partial charge in [-0.2, -0.15) is 0 Å². The first kappa shape index (κ1) is 34.1. The summed E-state index contributed by atoms with van der Waals surface area (Å²) < 4.78 is 2.91. The van der Waals surface area contributed by atoms with Gasteiger partial charge in [0.15, 0.2) is 0 Å². The monoisotopic (exact) mass is 596 g/mol. The summed E-state index contributed by atoms with van der Waals surface area (Å²) in [6, 6.07) is 9.87. The first-order chi connectivity index (χ1) is 14.2. The van der Waals surface area contributed by atoms with Crippen LogP contribution in [0, 0.1) is 0 Å². The molecule has 0 fully saturated rings. The standard InChI is InChI=1S/2C9H21P.C8H6.2ClH.Ru/c2*1-7(2)10(8(3)4)9(5)6;1-2-8-6-4-3-5-7-8;;;/h2*7-9H,1-6H3;2-7H;2*1H;/q;;;;;+2. The SMILES string of the molecule is CC(C)[PH+](C(C)C)C(C)C.CC(C)[PH+](C(C)C)C(C)C.[Cl][Ru]([Cl])=[C]=Cc1ccccc1. The molecule has 0 radical (unpaired) electrons. The van der Waals surface area contributed by atoms with Gasteiger partial charge in [-0.1, -0.05) is 0 Å². The fourth-order valence-corrected chi connectivity index (χ4v) is 13.6. The third-order valence-corrected chi connectivity index (χ3v) is 14.6. The van der Waals surface area contributed by atoms with Crippen molar-refractivity contribution in [3.05, 3.63) is 35.9 Å². The molecule has 184 valence electrons. The zero-order valence-corrected chi connectivity index (χ0v) is 27.3. The van der Waals surface area contributed by atoms with Crippen molar-refractivity contribution >= 4 is 45.6 Å². The molecule has 5 heteroatoms. The molecule has 0 atom stereocenters. The Morgan fingerprint density at radius 1 is 0.613 bits per heavy atom. The van der Waals surface area contributed by atoms with E-state index < -0.39 is 13.5 Å². The van der Waals surface area contributed by atoms with E-state index in [1.807, 2.05) is 36.4 Å². The molecule has 0 aromatic heterocycles. The van der Waals surface area contributed by atoms with Crippen molar-refractivity contribution in [3.8, 4) is 0 Å². The summed E-state index contributed by atoms with van der Waals surface area (Å²) in [6.45, 7) is 28.4.